The Bertz CT molecular complexity index is 721. The first-order valence-corrected chi connectivity index (χ1v) is 8.86. The van der Waals surface area contributed by atoms with Gasteiger partial charge in [-0.1, -0.05) is 66.7 Å². The van der Waals surface area contributed by atoms with E-state index < -0.39 is 0 Å². The number of esters is 1. The van der Waals surface area contributed by atoms with Gasteiger partial charge in [-0.2, -0.15) is 0 Å². The highest BCUT2D eigenvalue weighted by Gasteiger charge is 2.42. The number of hydrogen-bond acceptors (Lipinski definition) is 3. The molecule has 1 aliphatic rings. The van der Waals surface area contributed by atoms with Crippen LogP contribution in [-0.2, 0) is 14.3 Å². The Labute approximate surface area is 149 Å². The molecule has 0 heterocycles. The van der Waals surface area contributed by atoms with E-state index in [1.807, 2.05) is 31.2 Å². The fourth-order valence-electron chi connectivity index (χ4n) is 2.90. The number of hydrogen-bond donors (Lipinski definition) is 0. The van der Waals surface area contributed by atoms with Crippen LogP contribution in [0, 0.1) is 11.8 Å². The van der Waals surface area contributed by atoms with Gasteiger partial charge in [0.2, 0.25) is 0 Å². The molecule has 1 aliphatic carbocycles. The molecule has 2 aromatic carbocycles. The van der Waals surface area contributed by atoms with Crippen LogP contribution in [0.15, 0.2) is 60.7 Å². The van der Waals surface area contributed by atoms with E-state index in [0.29, 0.717) is 19.8 Å². The minimum atomic E-state index is -0.106. The third kappa shape index (κ3) is 4.80. The van der Waals surface area contributed by atoms with E-state index >= 15 is 0 Å². The molecule has 0 amide bonds. The molecule has 2 aromatic rings. The Morgan fingerprint density at radius 1 is 1.08 bits per heavy atom. The predicted molar refractivity (Wildman–Crippen MR) is 100.0 cm³/mol. The van der Waals surface area contributed by atoms with Crippen molar-refractivity contribution in [3.8, 4) is 11.1 Å². The van der Waals surface area contributed by atoms with E-state index in [1.54, 1.807) is 0 Å². The SMILES string of the molecule is CCOCCOC(=O)[C@H]1C[C@H]1C=Cc1ccccc1-c1ccccc1. The third-order valence-electron chi connectivity index (χ3n) is 4.39. The van der Waals surface area contributed by atoms with Crippen LogP contribution in [0.25, 0.3) is 17.2 Å². The summed E-state index contributed by atoms with van der Waals surface area (Å²) >= 11 is 0. The summed E-state index contributed by atoms with van der Waals surface area (Å²) in [6.45, 7) is 3.39. The topological polar surface area (TPSA) is 35.5 Å². The molecule has 0 aliphatic heterocycles. The highest BCUT2D eigenvalue weighted by Crippen LogP contribution is 2.41. The van der Waals surface area contributed by atoms with E-state index in [-0.39, 0.29) is 17.8 Å². The number of carbonyl (C=O) groups excluding carboxylic acids is 1. The van der Waals surface area contributed by atoms with Gasteiger partial charge >= 0.3 is 5.97 Å². The van der Waals surface area contributed by atoms with E-state index in [4.69, 9.17) is 9.47 Å². The molecule has 3 rings (SSSR count). The van der Waals surface area contributed by atoms with Gasteiger partial charge in [0, 0.05) is 6.61 Å². The van der Waals surface area contributed by atoms with Gasteiger partial charge < -0.3 is 9.47 Å². The lowest BCUT2D eigenvalue weighted by molar-refractivity contribution is -0.146. The average Bonchev–Trinajstić information content (AvgIpc) is 3.44. The molecule has 0 bridgehead atoms. The standard InChI is InChI=1S/C22H24O3/c1-2-24-14-15-25-22(23)21-16-19(21)13-12-18-10-6-7-11-20(18)17-8-4-3-5-9-17/h3-13,19,21H,2,14-16H2,1H3/t19-,21+/m1/s1. The lowest BCUT2D eigenvalue weighted by atomic mass is 9.99. The molecule has 130 valence electrons. The van der Waals surface area contributed by atoms with Crippen molar-refractivity contribution in [2.24, 2.45) is 11.8 Å². The number of rotatable bonds is 8. The zero-order chi connectivity index (χ0) is 17.5. The second-order valence-corrected chi connectivity index (χ2v) is 6.18. The molecule has 0 unspecified atom stereocenters. The maximum Gasteiger partial charge on any atom is 0.309 e. The number of ether oxygens (including phenoxy) is 2. The van der Waals surface area contributed by atoms with Crippen molar-refractivity contribution in [1.82, 2.24) is 0 Å². The van der Waals surface area contributed by atoms with Gasteiger partial charge in [0.15, 0.2) is 0 Å². The first kappa shape index (κ1) is 17.4. The van der Waals surface area contributed by atoms with Crippen LogP contribution in [0.1, 0.15) is 18.9 Å². The van der Waals surface area contributed by atoms with Crippen molar-refractivity contribution >= 4 is 12.0 Å². The molecule has 0 saturated heterocycles. The van der Waals surface area contributed by atoms with Crippen LogP contribution >= 0.6 is 0 Å². The predicted octanol–water partition coefficient (Wildman–Crippen LogP) is 4.58. The molecule has 3 nitrogen and oxygen atoms in total. The summed E-state index contributed by atoms with van der Waals surface area (Å²) in [4.78, 5) is 12.0. The van der Waals surface area contributed by atoms with Crippen LogP contribution in [0.2, 0.25) is 0 Å². The summed E-state index contributed by atoms with van der Waals surface area (Å²) in [7, 11) is 0. The Kier molecular flexibility index (Phi) is 6.02. The summed E-state index contributed by atoms with van der Waals surface area (Å²) in [5.74, 6) is 0.177. The van der Waals surface area contributed by atoms with Crippen LogP contribution in [-0.4, -0.2) is 25.8 Å². The lowest BCUT2D eigenvalue weighted by Gasteiger charge is -2.06. The van der Waals surface area contributed by atoms with Crippen molar-refractivity contribution in [3.05, 3.63) is 66.2 Å². The zero-order valence-electron chi connectivity index (χ0n) is 14.6. The van der Waals surface area contributed by atoms with E-state index in [9.17, 15) is 4.79 Å². The van der Waals surface area contributed by atoms with E-state index in [1.165, 1.54) is 16.7 Å². The minimum absolute atomic E-state index is 0.00163. The van der Waals surface area contributed by atoms with Crippen LogP contribution < -0.4 is 0 Å². The van der Waals surface area contributed by atoms with Gasteiger partial charge in [0.05, 0.1) is 12.5 Å². The van der Waals surface area contributed by atoms with Gasteiger partial charge in [-0.25, -0.2) is 0 Å². The second-order valence-electron chi connectivity index (χ2n) is 6.18. The molecule has 3 heteroatoms. The molecule has 0 aromatic heterocycles. The Morgan fingerprint density at radius 3 is 2.64 bits per heavy atom. The average molecular weight is 336 g/mol. The first-order valence-electron chi connectivity index (χ1n) is 8.86. The Balaban J connectivity index is 1.58. The highest BCUT2D eigenvalue weighted by atomic mass is 16.6. The highest BCUT2D eigenvalue weighted by molar-refractivity contribution is 5.78. The number of allylic oxidation sites excluding steroid dienone is 1. The maximum atomic E-state index is 12.0. The minimum Gasteiger partial charge on any atom is -0.463 e. The molecule has 0 radical (unpaired) electrons. The van der Waals surface area contributed by atoms with Crippen LogP contribution in [0.4, 0.5) is 0 Å². The van der Waals surface area contributed by atoms with Crippen molar-refractivity contribution in [3.63, 3.8) is 0 Å². The molecule has 2 atom stereocenters. The van der Waals surface area contributed by atoms with Crippen LogP contribution in [0.5, 0.6) is 0 Å². The largest absolute Gasteiger partial charge is 0.463 e. The van der Waals surface area contributed by atoms with Crippen LogP contribution in [0.3, 0.4) is 0 Å². The molecule has 1 fully saturated rings. The molecular formula is C22H24O3. The summed E-state index contributed by atoms with van der Waals surface area (Å²) in [5, 5.41) is 0. The molecular weight excluding hydrogens is 312 g/mol. The van der Waals surface area contributed by atoms with Gasteiger partial charge in [-0.3, -0.25) is 4.79 Å². The van der Waals surface area contributed by atoms with Gasteiger partial charge in [-0.05, 0) is 36.0 Å². The second kappa shape index (κ2) is 8.63. The quantitative estimate of drug-likeness (QED) is 0.523. The molecule has 0 N–H and O–H groups in total. The summed E-state index contributed by atoms with van der Waals surface area (Å²) in [5.41, 5.74) is 3.57. The normalized spacial score (nSPS) is 19.1. The monoisotopic (exact) mass is 336 g/mol. The fraction of sp³-hybridized carbons (Fsp3) is 0.318. The van der Waals surface area contributed by atoms with Gasteiger partial charge in [0.1, 0.15) is 6.61 Å². The summed E-state index contributed by atoms with van der Waals surface area (Å²) < 4.78 is 10.4. The smallest absolute Gasteiger partial charge is 0.309 e. The Hall–Kier alpha value is -2.39. The third-order valence-corrected chi connectivity index (χ3v) is 4.39. The fourth-order valence-corrected chi connectivity index (χ4v) is 2.90. The zero-order valence-corrected chi connectivity index (χ0v) is 14.6. The van der Waals surface area contributed by atoms with Crippen molar-refractivity contribution in [2.45, 2.75) is 13.3 Å². The van der Waals surface area contributed by atoms with Gasteiger partial charge in [-0.15, -0.1) is 0 Å². The molecule has 1 saturated carbocycles. The van der Waals surface area contributed by atoms with Crippen molar-refractivity contribution in [1.29, 1.82) is 0 Å². The number of benzene rings is 2. The maximum absolute atomic E-state index is 12.0. The van der Waals surface area contributed by atoms with Gasteiger partial charge in [0.25, 0.3) is 0 Å². The molecule has 0 spiro atoms. The first-order chi connectivity index (χ1) is 12.3. The van der Waals surface area contributed by atoms with Crippen molar-refractivity contribution in [2.75, 3.05) is 19.8 Å². The van der Waals surface area contributed by atoms with E-state index in [2.05, 4.69) is 42.5 Å². The summed E-state index contributed by atoms with van der Waals surface area (Å²) in [6, 6.07) is 18.7. The van der Waals surface area contributed by atoms with E-state index in [0.717, 1.165) is 6.42 Å². The summed E-state index contributed by atoms with van der Waals surface area (Å²) in [6.07, 6.45) is 5.13. The van der Waals surface area contributed by atoms with Crippen molar-refractivity contribution < 1.29 is 14.3 Å². The lowest BCUT2D eigenvalue weighted by Crippen LogP contribution is -2.12. The molecule has 25 heavy (non-hydrogen) atoms. The number of carbonyl (C=O) groups is 1. The Morgan fingerprint density at radius 2 is 1.84 bits per heavy atom.